The fourth-order valence-corrected chi connectivity index (χ4v) is 3.70. The van der Waals surface area contributed by atoms with Crippen molar-refractivity contribution in [3.8, 4) is 5.75 Å². The molecule has 1 aromatic rings. The number of likely N-dealkylation sites (tertiary alicyclic amines) is 1. The summed E-state index contributed by atoms with van der Waals surface area (Å²) < 4.78 is 27.3. The molecule has 3 atom stereocenters. The number of aliphatic hydroxyl groups excluding tert-OH is 1. The Labute approximate surface area is 185 Å². The van der Waals surface area contributed by atoms with Crippen molar-refractivity contribution in [1.82, 2.24) is 15.5 Å². The Kier molecular flexibility index (Phi) is 6.46. The van der Waals surface area contributed by atoms with Crippen LogP contribution in [0.2, 0.25) is 0 Å². The highest BCUT2D eigenvalue weighted by atomic mass is 19.1. The predicted molar refractivity (Wildman–Crippen MR) is 110 cm³/mol. The molecule has 3 rings (SSSR count). The van der Waals surface area contributed by atoms with Gasteiger partial charge in [-0.25, -0.2) is 8.78 Å². The lowest BCUT2D eigenvalue weighted by Crippen LogP contribution is -2.59. The van der Waals surface area contributed by atoms with E-state index >= 15 is 0 Å². The Hall–Kier alpha value is -2.75. The van der Waals surface area contributed by atoms with Gasteiger partial charge in [-0.1, -0.05) is 26.8 Å². The number of hydrogen-bond donors (Lipinski definition) is 4. The minimum Gasteiger partial charge on any atom is -0.507 e. The summed E-state index contributed by atoms with van der Waals surface area (Å²) in [5, 5.41) is 25.0. The summed E-state index contributed by atoms with van der Waals surface area (Å²) >= 11 is 0. The third kappa shape index (κ3) is 5.17. The Morgan fingerprint density at radius 3 is 2.50 bits per heavy atom. The molecule has 0 unspecified atom stereocenters. The van der Waals surface area contributed by atoms with Gasteiger partial charge < -0.3 is 25.7 Å². The van der Waals surface area contributed by atoms with E-state index < -0.39 is 52.8 Å². The topological polar surface area (TPSA) is 119 Å². The number of carbonyl (C=O) groups is 3. The number of phenolic OH excluding ortho intramolecular Hbond substituents is 1. The van der Waals surface area contributed by atoms with Gasteiger partial charge in [-0.2, -0.15) is 0 Å². The average molecular weight is 453 g/mol. The van der Waals surface area contributed by atoms with Crippen LogP contribution in [0, 0.1) is 11.2 Å². The number of alkyl halides is 1. The van der Waals surface area contributed by atoms with Gasteiger partial charge in [0.15, 0.2) is 5.67 Å². The molecular weight excluding hydrogens is 424 g/mol. The predicted octanol–water partition coefficient (Wildman–Crippen LogP) is 1.14. The van der Waals surface area contributed by atoms with Crippen LogP contribution in [-0.2, 0) is 20.9 Å². The monoisotopic (exact) mass is 453 g/mol. The zero-order valence-electron chi connectivity index (χ0n) is 18.3. The number of benzene rings is 1. The molecule has 1 heterocycles. The number of amides is 3. The minimum absolute atomic E-state index is 0.00910. The molecule has 1 aliphatic carbocycles. The standard InChI is InChI=1S/C22H29F2N3O5/c1-21(2,3)17(26-20(32)22(24)6-7-22)19(31)27-11-14(28)9-15(27)18(30)25-10-12-4-5-13(23)8-16(12)29/h4-5,8,14-15,17,28-29H,6-7,9-11H2,1-3H3,(H,25,30)(H,26,32)/t14-,15+,17-/m1/s1. The zero-order chi connectivity index (χ0) is 23.8. The largest absolute Gasteiger partial charge is 0.507 e. The van der Waals surface area contributed by atoms with Crippen molar-refractivity contribution in [2.45, 2.75) is 70.4 Å². The van der Waals surface area contributed by atoms with E-state index in [4.69, 9.17) is 0 Å². The molecule has 1 saturated carbocycles. The van der Waals surface area contributed by atoms with Crippen LogP contribution in [0.4, 0.5) is 8.78 Å². The summed E-state index contributed by atoms with van der Waals surface area (Å²) in [6.07, 6.45) is -0.743. The Balaban J connectivity index is 1.72. The summed E-state index contributed by atoms with van der Waals surface area (Å²) in [7, 11) is 0. The van der Waals surface area contributed by atoms with Gasteiger partial charge in [-0.15, -0.1) is 0 Å². The molecule has 1 aliphatic heterocycles. The Morgan fingerprint density at radius 2 is 1.94 bits per heavy atom. The average Bonchev–Trinajstić information content (AvgIpc) is 3.32. The first-order chi connectivity index (χ1) is 14.8. The molecule has 0 bridgehead atoms. The molecule has 176 valence electrons. The fraction of sp³-hybridized carbons (Fsp3) is 0.591. The zero-order valence-corrected chi connectivity index (χ0v) is 18.3. The lowest BCUT2D eigenvalue weighted by molar-refractivity contribution is -0.145. The van der Waals surface area contributed by atoms with E-state index in [1.807, 2.05) is 0 Å². The van der Waals surface area contributed by atoms with E-state index in [1.54, 1.807) is 20.8 Å². The quantitative estimate of drug-likeness (QED) is 0.515. The van der Waals surface area contributed by atoms with E-state index in [-0.39, 0.29) is 43.7 Å². The van der Waals surface area contributed by atoms with Crippen LogP contribution in [0.1, 0.15) is 45.6 Å². The van der Waals surface area contributed by atoms with E-state index in [1.165, 1.54) is 11.0 Å². The maximum Gasteiger partial charge on any atom is 0.258 e. The van der Waals surface area contributed by atoms with Gasteiger partial charge in [0, 0.05) is 31.1 Å². The number of nitrogens with zero attached hydrogens (tertiary/aromatic N) is 1. The van der Waals surface area contributed by atoms with Crippen molar-refractivity contribution < 1.29 is 33.4 Å². The van der Waals surface area contributed by atoms with Crippen molar-refractivity contribution in [2.75, 3.05) is 6.54 Å². The molecule has 32 heavy (non-hydrogen) atoms. The molecular formula is C22H29F2N3O5. The second kappa shape index (κ2) is 8.65. The molecule has 4 N–H and O–H groups in total. The van der Waals surface area contributed by atoms with Gasteiger partial charge in [0.25, 0.3) is 5.91 Å². The maximum absolute atomic E-state index is 14.2. The van der Waals surface area contributed by atoms with Crippen molar-refractivity contribution in [3.05, 3.63) is 29.6 Å². The summed E-state index contributed by atoms with van der Waals surface area (Å²) in [5.41, 5.74) is -2.44. The number of phenols is 1. The van der Waals surface area contributed by atoms with Gasteiger partial charge in [-0.05, 0) is 24.3 Å². The van der Waals surface area contributed by atoms with Crippen LogP contribution < -0.4 is 10.6 Å². The molecule has 1 aromatic carbocycles. The van der Waals surface area contributed by atoms with Gasteiger partial charge in [-0.3, -0.25) is 14.4 Å². The first-order valence-corrected chi connectivity index (χ1v) is 10.6. The second-order valence-electron chi connectivity index (χ2n) is 9.62. The van der Waals surface area contributed by atoms with Crippen LogP contribution in [-0.4, -0.2) is 63.2 Å². The number of rotatable bonds is 6. The summed E-state index contributed by atoms with van der Waals surface area (Å²) in [5.74, 6) is -2.94. The molecule has 1 saturated heterocycles. The lowest BCUT2D eigenvalue weighted by atomic mass is 9.85. The maximum atomic E-state index is 14.2. The van der Waals surface area contributed by atoms with E-state index in [2.05, 4.69) is 10.6 Å². The molecule has 8 nitrogen and oxygen atoms in total. The molecule has 2 aliphatic rings. The molecule has 0 aromatic heterocycles. The van der Waals surface area contributed by atoms with Crippen molar-refractivity contribution in [3.63, 3.8) is 0 Å². The number of aromatic hydroxyl groups is 1. The Morgan fingerprint density at radius 1 is 1.28 bits per heavy atom. The Bertz CT molecular complexity index is 913. The van der Waals surface area contributed by atoms with Gasteiger partial charge in [0.2, 0.25) is 11.8 Å². The van der Waals surface area contributed by atoms with Crippen LogP contribution in [0.3, 0.4) is 0 Å². The number of aliphatic hydroxyl groups is 1. The molecule has 0 spiro atoms. The second-order valence-corrected chi connectivity index (χ2v) is 9.62. The fourth-order valence-electron chi connectivity index (χ4n) is 3.70. The molecule has 3 amide bonds. The number of hydrogen-bond acceptors (Lipinski definition) is 5. The van der Waals surface area contributed by atoms with Crippen molar-refractivity contribution >= 4 is 17.7 Å². The van der Waals surface area contributed by atoms with Gasteiger partial charge >= 0.3 is 0 Å². The third-order valence-corrected chi connectivity index (χ3v) is 5.85. The SMILES string of the molecule is CC(C)(C)[C@H](NC(=O)C1(F)CC1)C(=O)N1C[C@H](O)C[C@H]1C(=O)NCc1ccc(F)cc1O. The normalized spacial score (nSPS) is 22.9. The van der Waals surface area contributed by atoms with Crippen molar-refractivity contribution in [1.29, 1.82) is 0 Å². The van der Waals surface area contributed by atoms with Crippen molar-refractivity contribution in [2.24, 2.45) is 5.41 Å². The number of β-amino-alcohol motifs (C(OH)–C–C–N with tert-alkyl or cyclic N) is 1. The molecule has 0 radical (unpaired) electrons. The van der Waals surface area contributed by atoms with E-state index in [0.717, 1.165) is 12.1 Å². The molecule has 2 fully saturated rings. The third-order valence-electron chi connectivity index (χ3n) is 5.85. The van der Waals surface area contributed by atoms with Crippen LogP contribution in [0.15, 0.2) is 18.2 Å². The minimum atomic E-state index is -1.96. The van der Waals surface area contributed by atoms with Crippen LogP contribution in [0.25, 0.3) is 0 Å². The van der Waals surface area contributed by atoms with Crippen LogP contribution >= 0.6 is 0 Å². The van der Waals surface area contributed by atoms with Crippen LogP contribution in [0.5, 0.6) is 5.75 Å². The number of nitrogens with one attached hydrogen (secondary N) is 2. The smallest absolute Gasteiger partial charge is 0.258 e. The summed E-state index contributed by atoms with van der Waals surface area (Å²) in [6, 6.07) is 1.29. The summed E-state index contributed by atoms with van der Waals surface area (Å²) in [4.78, 5) is 39.6. The highest BCUT2D eigenvalue weighted by Crippen LogP contribution is 2.40. The highest BCUT2D eigenvalue weighted by Gasteiger charge is 2.53. The molecule has 10 heteroatoms. The van der Waals surface area contributed by atoms with Gasteiger partial charge in [0.05, 0.1) is 6.10 Å². The number of carbonyl (C=O) groups excluding carboxylic acids is 3. The van der Waals surface area contributed by atoms with E-state index in [0.29, 0.717) is 0 Å². The highest BCUT2D eigenvalue weighted by molar-refractivity contribution is 5.95. The first-order valence-electron chi connectivity index (χ1n) is 10.6. The first kappa shape index (κ1) is 23.9. The summed E-state index contributed by atoms with van der Waals surface area (Å²) in [6.45, 7) is 4.93. The lowest BCUT2D eigenvalue weighted by Gasteiger charge is -2.35. The van der Waals surface area contributed by atoms with E-state index in [9.17, 15) is 33.4 Å². The van der Waals surface area contributed by atoms with Gasteiger partial charge in [0.1, 0.15) is 23.7 Å². The number of halogens is 2.